The summed E-state index contributed by atoms with van der Waals surface area (Å²) >= 11 is 0. The van der Waals surface area contributed by atoms with Crippen LogP contribution in [0.1, 0.15) is 6.92 Å². The van der Waals surface area contributed by atoms with Crippen LogP contribution in [0.5, 0.6) is 0 Å². The van der Waals surface area contributed by atoms with Gasteiger partial charge in [-0.1, -0.05) is 5.11 Å². The maximum atomic E-state index is 12.2. The molecule has 4 aliphatic rings. The van der Waals surface area contributed by atoms with Crippen molar-refractivity contribution in [3.8, 4) is 0 Å². The number of rotatable bonds is 15. The van der Waals surface area contributed by atoms with Crippen LogP contribution in [-0.2, 0) is 42.7 Å². The van der Waals surface area contributed by atoms with Gasteiger partial charge in [-0.3, -0.25) is 4.79 Å². The number of amides is 1. The van der Waals surface area contributed by atoms with Crippen LogP contribution < -0.4 is 5.32 Å². The van der Waals surface area contributed by atoms with Gasteiger partial charge in [0.05, 0.1) is 33.0 Å². The molecule has 0 radical (unpaired) electrons. The number of aliphatic hydroxyl groups excluding tert-OH is 12. The van der Waals surface area contributed by atoms with Gasteiger partial charge in [-0.15, -0.1) is 0 Å². The van der Waals surface area contributed by atoms with Crippen LogP contribution >= 0.6 is 0 Å². The highest BCUT2D eigenvalue weighted by Gasteiger charge is 2.55. The molecule has 4 saturated heterocycles. The Morgan fingerprint density at radius 1 is 0.604 bits per heavy atom. The molecule has 0 aromatic carbocycles. The summed E-state index contributed by atoms with van der Waals surface area (Å²) < 4.78 is 44.6. The lowest BCUT2D eigenvalue weighted by Gasteiger charge is -2.50. The first-order valence-electron chi connectivity index (χ1n) is 16.6. The van der Waals surface area contributed by atoms with Crippen LogP contribution in [-0.4, -0.2) is 230 Å². The van der Waals surface area contributed by atoms with Crippen molar-refractivity contribution in [2.24, 2.45) is 5.11 Å². The number of nitrogens with zero attached hydrogens (tertiary/aromatic N) is 3. The fourth-order valence-corrected chi connectivity index (χ4v) is 6.32. The normalized spacial score (nSPS) is 46.4. The van der Waals surface area contributed by atoms with Gasteiger partial charge in [-0.25, -0.2) is 0 Å². The number of carbonyl (C=O) groups excluding carboxylic acids is 1. The first-order chi connectivity index (χ1) is 25.2. The average Bonchev–Trinajstić information content (AvgIpc) is 3.14. The molecule has 0 spiro atoms. The minimum Gasteiger partial charge on any atom is -0.394 e. The lowest BCUT2D eigenvalue weighted by molar-refractivity contribution is -0.381. The minimum absolute atomic E-state index is 0.146. The molecular formula is C28H48N4O21. The molecule has 0 unspecified atom stereocenters. The van der Waals surface area contributed by atoms with Crippen LogP contribution in [0.25, 0.3) is 10.4 Å². The van der Waals surface area contributed by atoms with E-state index >= 15 is 0 Å². The zero-order valence-corrected chi connectivity index (χ0v) is 28.2. The standard InChI is InChI=1S/C28H48N4O21/c1-8(37)31-13-16(40)22(51-27-19(43)17(41)14(38)9(4-33)47-27)11(6-35)49-25(13)53-24-15(39)10(5-34)48-28(21(24)45)52-23-12(7-36)50-26(20(44)18(23)42)46-3-2-30-32-29/h9-28,33-36,38-45H,2-7H2,1H3,(H,31,37)/t9-,10-,11-,12-,13-,14+,15+,16-,17+,18-,19-,20-,21-,22-,23-,24+,25+,26-,27+,28+/m1/s1. The quantitative estimate of drug-likeness (QED) is 0.0318. The van der Waals surface area contributed by atoms with E-state index in [1.54, 1.807) is 0 Å². The largest absolute Gasteiger partial charge is 0.394 e. The van der Waals surface area contributed by atoms with Gasteiger partial charge < -0.3 is 104 Å². The second-order valence-electron chi connectivity index (χ2n) is 12.7. The predicted molar refractivity (Wildman–Crippen MR) is 163 cm³/mol. The van der Waals surface area contributed by atoms with Gasteiger partial charge in [0.2, 0.25) is 5.91 Å². The second kappa shape index (κ2) is 19.7. The van der Waals surface area contributed by atoms with Gasteiger partial charge in [0.15, 0.2) is 25.2 Å². The van der Waals surface area contributed by atoms with Gasteiger partial charge >= 0.3 is 0 Å². The molecule has 1 amide bonds. The predicted octanol–water partition coefficient (Wildman–Crippen LogP) is -8.27. The molecule has 4 aliphatic heterocycles. The highest BCUT2D eigenvalue weighted by Crippen LogP contribution is 2.34. The van der Waals surface area contributed by atoms with Gasteiger partial charge in [0.25, 0.3) is 0 Å². The fourth-order valence-electron chi connectivity index (χ4n) is 6.32. The van der Waals surface area contributed by atoms with Crippen LogP contribution in [0.4, 0.5) is 0 Å². The van der Waals surface area contributed by atoms with E-state index in [0.29, 0.717) is 0 Å². The first-order valence-corrected chi connectivity index (χ1v) is 16.6. The molecule has 306 valence electrons. The van der Waals surface area contributed by atoms with Gasteiger partial charge in [-0.2, -0.15) is 0 Å². The van der Waals surface area contributed by atoms with Crippen molar-refractivity contribution in [3.63, 3.8) is 0 Å². The van der Waals surface area contributed by atoms with Crippen molar-refractivity contribution in [1.82, 2.24) is 5.32 Å². The number of carbonyl (C=O) groups is 1. The van der Waals surface area contributed by atoms with E-state index in [4.69, 9.17) is 43.4 Å². The van der Waals surface area contributed by atoms with E-state index < -0.39 is 155 Å². The molecular weight excluding hydrogens is 728 g/mol. The summed E-state index contributed by atoms with van der Waals surface area (Å²) in [6.07, 6.45) is -33.1. The molecule has 25 heteroatoms. The smallest absolute Gasteiger partial charge is 0.217 e. The van der Waals surface area contributed by atoms with Crippen molar-refractivity contribution >= 4 is 5.91 Å². The average molecular weight is 777 g/mol. The molecule has 53 heavy (non-hydrogen) atoms. The topological polar surface area (TPSA) is 394 Å². The Kier molecular flexibility index (Phi) is 16.3. The number of aliphatic hydroxyl groups is 12. The Morgan fingerprint density at radius 2 is 1.08 bits per heavy atom. The third kappa shape index (κ3) is 9.87. The molecule has 0 aliphatic carbocycles. The molecule has 4 fully saturated rings. The number of hydrogen-bond donors (Lipinski definition) is 13. The zero-order valence-electron chi connectivity index (χ0n) is 28.2. The van der Waals surface area contributed by atoms with E-state index in [2.05, 4.69) is 15.3 Å². The van der Waals surface area contributed by atoms with Crippen molar-refractivity contribution in [1.29, 1.82) is 0 Å². The van der Waals surface area contributed by atoms with Gasteiger partial charge in [0, 0.05) is 18.4 Å². The van der Waals surface area contributed by atoms with Gasteiger partial charge in [-0.05, 0) is 5.53 Å². The van der Waals surface area contributed by atoms with Crippen LogP contribution in [0.2, 0.25) is 0 Å². The Balaban J connectivity index is 1.53. The Labute approximate surface area is 300 Å². The number of azide groups is 1. The molecule has 0 aromatic rings. The molecule has 0 saturated carbocycles. The summed E-state index contributed by atoms with van der Waals surface area (Å²) in [5.41, 5.74) is 8.42. The Bertz CT molecular complexity index is 1200. The third-order valence-electron chi connectivity index (χ3n) is 9.12. The van der Waals surface area contributed by atoms with Crippen molar-refractivity contribution in [2.75, 3.05) is 39.6 Å². The monoisotopic (exact) mass is 776 g/mol. The highest BCUT2D eigenvalue weighted by molar-refractivity contribution is 5.73. The number of hydrogen-bond acceptors (Lipinski definition) is 22. The van der Waals surface area contributed by atoms with Crippen molar-refractivity contribution in [2.45, 2.75) is 130 Å². The molecule has 4 rings (SSSR count). The summed E-state index contributed by atoms with van der Waals surface area (Å²) in [6.45, 7) is -2.76. The van der Waals surface area contributed by atoms with Crippen LogP contribution in [0.3, 0.4) is 0 Å². The molecule has 13 N–H and O–H groups in total. The summed E-state index contributed by atoms with van der Waals surface area (Å²) in [5, 5.41) is 131. The second-order valence-corrected chi connectivity index (χ2v) is 12.7. The summed E-state index contributed by atoms with van der Waals surface area (Å²) in [7, 11) is 0. The molecule has 25 nitrogen and oxygen atoms in total. The fraction of sp³-hybridized carbons (Fsp3) is 0.964. The van der Waals surface area contributed by atoms with Crippen LogP contribution in [0.15, 0.2) is 5.11 Å². The number of nitrogens with one attached hydrogen (secondary N) is 1. The molecule has 20 atom stereocenters. The summed E-state index contributed by atoms with van der Waals surface area (Å²) in [5.74, 6) is -0.761. The lowest BCUT2D eigenvalue weighted by atomic mass is 9.94. The van der Waals surface area contributed by atoms with E-state index in [1.165, 1.54) is 0 Å². The summed E-state index contributed by atoms with van der Waals surface area (Å²) in [6, 6.07) is -1.63. The van der Waals surface area contributed by atoms with Crippen molar-refractivity contribution < 1.29 is 104 Å². The van der Waals surface area contributed by atoms with Crippen LogP contribution in [0, 0.1) is 0 Å². The number of ether oxygens (including phenoxy) is 8. The van der Waals surface area contributed by atoms with E-state index in [-0.39, 0.29) is 13.2 Å². The Morgan fingerprint density at radius 3 is 1.62 bits per heavy atom. The van der Waals surface area contributed by atoms with E-state index in [9.17, 15) is 66.1 Å². The molecule has 0 bridgehead atoms. The van der Waals surface area contributed by atoms with Gasteiger partial charge in [0.1, 0.15) is 97.6 Å². The highest BCUT2D eigenvalue weighted by atomic mass is 16.8. The van der Waals surface area contributed by atoms with E-state index in [0.717, 1.165) is 6.92 Å². The maximum Gasteiger partial charge on any atom is 0.217 e. The Hall–Kier alpha value is -2.02. The minimum atomic E-state index is -2.04. The van der Waals surface area contributed by atoms with Crippen molar-refractivity contribution in [3.05, 3.63) is 10.4 Å². The maximum absolute atomic E-state index is 12.2. The molecule has 0 aromatic heterocycles. The van der Waals surface area contributed by atoms with E-state index in [1.807, 2.05) is 0 Å². The molecule has 4 heterocycles. The SMILES string of the molecule is CC(=O)N[C@H]1[C@H](O[C@H]2[C@@H](O)[C@@H](CO)O[C@@H](O[C@H]3[C@H](O)[C@@H](O)[C@H](OCCN=[N+]=[N-])O[C@@H]3CO)[C@@H]2O)O[C@H](CO)[C@@H](O[C@@H]2O[C@H](CO)[C@H](O)[C@H](O)[C@H]2O)[C@@H]1O. The third-order valence-corrected chi connectivity index (χ3v) is 9.12. The lowest BCUT2D eigenvalue weighted by Crippen LogP contribution is -2.69. The first kappa shape index (κ1) is 43.7. The summed E-state index contributed by atoms with van der Waals surface area (Å²) in [4.78, 5) is 14.8. The zero-order chi connectivity index (χ0) is 39.1.